The van der Waals surface area contributed by atoms with Crippen LogP contribution in [0.1, 0.15) is 5.56 Å². The number of fused-ring (bicyclic) bond motifs is 3. The third-order valence-corrected chi connectivity index (χ3v) is 8.69. The normalized spacial score (nSPS) is 11.4. The summed E-state index contributed by atoms with van der Waals surface area (Å²) < 4.78 is 0. The highest BCUT2D eigenvalue weighted by atomic mass is 14.6. The molecule has 0 amide bonds. The van der Waals surface area contributed by atoms with Gasteiger partial charge in [0.15, 0.2) is 0 Å². The van der Waals surface area contributed by atoms with Crippen molar-refractivity contribution in [3.05, 3.63) is 164 Å². The molecule has 0 radical (unpaired) electrons. The number of benzene rings is 7. The van der Waals surface area contributed by atoms with Crippen LogP contribution in [0.15, 0.2) is 158 Å². The van der Waals surface area contributed by atoms with E-state index in [4.69, 9.17) is 0 Å². The molecule has 0 unspecified atom stereocenters. The topological polar surface area (TPSA) is 12.9 Å². The zero-order chi connectivity index (χ0) is 28.8. The number of rotatable bonds is 4. The van der Waals surface area contributed by atoms with Gasteiger partial charge in [0.05, 0.1) is 0 Å². The lowest BCUT2D eigenvalue weighted by atomic mass is 9.85. The molecule has 1 aromatic heterocycles. The second-order valence-corrected chi connectivity index (χ2v) is 11.3. The molecule has 1 nitrogen and oxygen atoms in total. The summed E-state index contributed by atoms with van der Waals surface area (Å²) in [7, 11) is 0. The molecule has 8 rings (SSSR count). The zero-order valence-electron chi connectivity index (χ0n) is 24.0. The van der Waals surface area contributed by atoms with E-state index in [-0.39, 0.29) is 0 Å². The summed E-state index contributed by atoms with van der Waals surface area (Å²) in [4.78, 5) is 4.36. The van der Waals surface area contributed by atoms with Crippen molar-refractivity contribution in [2.24, 2.45) is 0 Å². The molecule has 0 aliphatic heterocycles. The summed E-state index contributed by atoms with van der Waals surface area (Å²) in [5, 5.41) is 7.61. The van der Waals surface area contributed by atoms with Gasteiger partial charge in [-0.15, -0.1) is 0 Å². The highest BCUT2D eigenvalue weighted by molar-refractivity contribution is 6.21. The fraction of sp³-hybridized carbons (Fsp3) is 0.0238. The Morgan fingerprint density at radius 2 is 0.953 bits per heavy atom. The van der Waals surface area contributed by atoms with E-state index in [1.54, 1.807) is 0 Å². The molecule has 0 saturated carbocycles. The maximum absolute atomic E-state index is 4.36. The van der Waals surface area contributed by atoms with Crippen molar-refractivity contribution in [2.45, 2.75) is 6.92 Å². The van der Waals surface area contributed by atoms with E-state index < -0.39 is 0 Å². The Balaban J connectivity index is 1.29. The lowest BCUT2D eigenvalue weighted by Crippen LogP contribution is -1.91. The lowest BCUT2D eigenvalue weighted by molar-refractivity contribution is 1.29. The lowest BCUT2D eigenvalue weighted by Gasteiger charge is -2.18. The van der Waals surface area contributed by atoms with Crippen LogP contribution in [-0.4, -0.2) is 4.98 Å². The first-order valence-corrected chi connectivity index (χ1v) is 14.8. The zero-order valence-corrected chi connectivity index (χ0v) is 24.0. The summed E-state index contributed by atoms with van der Waals surface area (Å²) in [6.07, 6.45) is 3.80. The molecular weight excluding hydrogens is 518 g/mol. The quantitative estimate of drug-likeness (QED) is 0.200. The van der Waals surface area contributed by atoms with Gasteiger partial charge >= 0.3 is 0 Å². The van der Waals surface area contributed by atoms with Gasteiger partial charge in [-0.3, -0.25) is 4.98 Å². The third kappa shape index (κ3) is 4.38. The van der Waals surface area contributed by atoms with Gasteiger partial charge in [0.1, 0.15) is 0 Å². The Labute approximate surface area is 251 Å². The number of hydrogen-bond donors (Lipinski definition) is 0. The standard InChI is InChI=1S/C42H29N/c1-28-23-24-43-27-40(28)34-12-8-11-33(25-34)30-17-20-31(21-18-30)41-36-13-4-6-15-38(36)42(39-16-7-5-14-37(39)41)35-22-19-29-9-2-3-10-32(29)26-35/h2-27H,1H3. The number of aromatic nitrogens is 1. The van der Waals surface area contributed by atoms with Crippen LogP contribution in [0.4, 0.5) is 0 Å². The largest absolute Gasteiger partial charge is 0.264 e. The summed E-state index contributed by atoms with van der Waals surface area (Å²) in [6, 6.07) is 53.1. The molecule has 1 heterocycles. The van der Waals surface area contributed by atoms with E-state index in [1.165, 1.54) is 82.4 Å². The Kier molecular flexibility index (Phi) is 6.09. The van der Waals surface area contributed by atoms with Crippen molar-refractivity contribution in [1.29, 1.82) is 0 Å². The fourth-order valence-electron chi connectivity index (χ4n) is 6.56. The first-order chi connectivity index (χ1) is 21.2. The van der Waals surface area contributed by atoms with Crippen LogP contribution in [0.25, 0.3) is 76.8 Å². The maximum Gasteiger partial charge on any atom is 0.0349 e. The van der Waals surface area contributed by atoms with Gasteiger partial charge < -0.3 is 0 Å². The summed E-state index contributed by atoms with van der Waals surface area (Å²) >= 11 is 0. The van der Waals surface area contributed by atoms with Crippen molar-refractivity contribution in [3.63, 3.8) is 0 Å². The molecule has 0 aliphatic carbocycles. The predicted octanol–water partition coefficient (Wildman–Crippen LogP) is 11.5. The van der Waals surface area contributed by atoms with Gasteiger partial charge in [0.25, 0.3) is 0 Å². The SMILES string of the molecule is Cc1ccncc1-c1cccc(-c2ccc(-c3c4ccccc4c(-c4ccc5ccccc5c4)c4ccccc34)cc2)c1. The van der Waals surface area contributed by atoms with Crippen molar-refractivity contribution < 1.29 is 0 Å². The number of nitrogens with zero attached hydrogens (tertiary/aromatic N) is 1. The second kappa shape index (κ2) is 10.4. The minimum Gasteiger partial charge on any atom is -0.264 e. The van der Waals surface area contributed by atoms with Crippen molar-refractivity contribution >= 4 is 32.3 Å². The van der Waals surface area contributed by atoms with Gasteiger partial charge in [-0.1, -0.05) is 127 Å². The molecule has 0 saturated heterocycles. The minimum absolute atomic E-state index is 1.17. The van der Waals surface area contributed by atoms with Gasteiger partial charge in [-0.05, 0) is 102 Å². The molecule has 0 aliphatic rings. The first-order valence-electron chi connectivity index (χ1n) is 14.8. The van der Waals surface area contributed by atoms with Gasteiger partial charge in [0, 0.05) is 18.0 Å². The van der Waals surface area contributed by atoms with Gasteiger partial charge in [-0.2, -0.15) is 0 Å². The van der Waals surface area contributed by atoms with E-state index in [0.29, 0.717) is 0 Å². The molecular formula is C42H29N. The molecule has 0 atom stereocenters. The summed E-state index contributed by atoms with van der Waals surface area (Å²) in [5.41, 5.74) is 11.0. The highest BCUT2D eigenvalue weighted by Gasteiger charge is 2.17. The van der Waals surface area contributed by atoms with Crippen molar-refractivity contribution in [2.75, 3.05) is 0 Å². The molecule has 0 fully saturated rings. The molecule has 0 spiro atoms. The summed E-state index contributed by atoms with van der Waals surface area (Å²) in [6.45, 7) is 2.14. The molecule has 43 heavy (non-hydrogen) atoms. The minimum atomic E-state index is 1.17. The van der Waals surface area contributed by atoms with Gasteiger partial charge in [0.2, 0.25) is 0 Å². The molecule has 1 heteroatoms. The highest BCUT2D eigenvalue weighted by Crippen LogP contribution is 2.44. The van der Waals surface area contributed by atoms with Gasteiger partial charge in [-0.25, -0.2) is 0 Å². The predicted molar refractivity (Wildman–Crippen MR) is 183 cm³/mol. The van der Waals surface area contributed by atoms with Crippen LogP contribution in [-0.2, 0) is 0 Å². The molecule has 0 bridgehead atoms. The van der Waals surface area contributed by atoms with Crippen molar-refractivity contribution in [1.82, 2.24) is 4.98 Å². The van der Waals surface area contributed by atoms with Crippen LogP contribution in [0, 0.1) is 6.92 Å². The Morgan fingerprint density at radius 3 is 1.63 bits per heavy atom. The van der Waals surface area contributed by atoms with E-state index in [2.05, 4.69) is 158 Å². The molecule has 8 aromatic rings. The average molecular weight is 548 g/mol. The maximum atomic E-state index is 4.36. The average Bonchev–Trinajstić information content (AvgIpc) is 3.07. The number of aryl methyl sites for hydroxylation is 1. The first kappa shape index (κ1) is 25.2. The number of pyridine rings is 1. The van der Waals surface area contributed by atoms with E-state index in [1.807, 2.05) is 12.4 Å². The smallest absolute Gasteiger partial charge is 0.0349 e. The van der Waals surface area contributed by atoms with Crippen LogP contribution in [0.2, 0.25) is 0 Å². The molecule has 0 N–H and O–H groups in total. The third-order valence-electron chi connectivity index (χ3n) is 8.69. The second-order valence-electron chi connectivity index (χ2n) is 11.3. The Bertz CT molecular complexity index is 2240. The Morgan fingerprint density at radius 1 is 0.395 bits per heavy atom. The fourth-order valence-corrected chi connectivity index (χ4v) is 6.56. The summed E-state index contributed by atoms with van der Waals surface area (Å²) in [5.74, 6) is 0. The van der Waals surface area contributed by atoms with E-state index in [9.17, 15) is 0 Å². The van der Waals surface area contributed by atoms with Crippen LogP contribution in [0.3, 0.4) is 0 Å². The van der Waals surface area contributed by atoms with E-state index >= 15 is 0 Å². The Hall–Kier alpha value is -5.53. The van der Waals surface area contributed by atoms with Crippen LogP contribution in [0.5, 0.6) is 0 Å². The van der Waals surface area contributed by atoms with Crippen LogP contribution < -0.4 is 0 Å². The number of hydrogen-bond acceptors (Lipinski definition) is 1. The molecule has 202 valence electrons. The van der Waals surface area contributed by atoms with Crippen molar-refractivity contribution in [3.8, 4) is 44.5 Å². The van der Waals surface area contributed by atoms with E-state index in [0.717, 1.165) is 0 Å². The van der Waals surface area contributed by atoms with Crippen LogP contribution >= 0.6 is 0 Å². The monoisotopic (exact) mass is 547 g/mol. The molecule has 7 aromatic carbocycles.